The molecule has 0 aliphatic heterocycles. The van der Waals surface area contributed by atoms with Gasteiger partial charge < -0.3 is 10.4 Å². The molecule has 1 aromatic rings. The second-order valence-corrected chi connectivity index (χ2v) is 4.87. The van der Waals surface area contributed by atoms with E-state index in [-0.39, 0.29) is 0 Å². The average molecular weight is 290 g/mol. The lowest BCUT2D eigenvalue weighted by Crippen LogP contribution is -2.44. The molecule has 1 rings (SSSR count). The van der Waals surface area contributed by atoms with Gasteiger partial charge in [0.1, 0.15) is 12.2 Å². The van der Waals surface area contributed by atoms with Gasteiger partial charge in [-0.3, -0.25) is 4.79 Å². The van der Waals surface area contributed by atoms with Crippen molar-refractivity contribution in [1.82, 2.24) is 20.3 Å². The Morgan fingerprint density at radius 2 is 2.05 bits per heavy atom. The molecule has 0 aliphatic carbocycles. The van der Waals surface area contributed by atoms with E-state index in [9.17, 15) is 18.4 Å². The van der Waals surface area contributed by atoms with Crippen LogP contribution in [0, 0.1) is 0 Å². The van der Waals surface area contributed by atoms with Crippen LogP contribution in [0.1, 0.15) is 49.8 Å². The van der Waals surface area contributed by atoms with Gasteiger partial charge in [-0.25, -0.2) is 18.3 Å². The van der Waals surface area contributed by atoms with Crippen LogP contribution in [0.2, 0.25) is 0 Å². The summed E-state index contributed by atoms with van der Waals surface area (Å²) in [7, 11) is 0. The van der Waals surface area contributed by atoms with E-state index in [2.05, 4.69) is 15.6 Å². The number of carbonyl (C=O) groups is 2. The molecule has 0 fully saturated rings. The van der Waals surface area contributed by atoms with Crippen LogP contribution in [0.15, 0.2) is 0 Å². The molecule has 0 saturated carbocycles. The number of hydrogen-bond donors (Lipinski definition) is 2. The van der Waals surface area contributed by atoms with Gasteiger partial charge in [0.25, 0.3) is 6.43 Å². The van der Waals surface area contributed by atoms with Crippen molar-refractivity contribution in [2.45, 2.75) is 45.7 Å². The zero-order valence-electron chi connectivity index (χ0n) is 11.4. The standard InChI is InChI=1S/C11H16F2N4O3/c1-4-11(2,3)14-6(18)5-17-8(9(12)13)7(10(19)20)15-16-17/h9H,4-5H2,1-3H3,(H,14,18)(H,19,20). The monoisotopic (exact) mass is 290 g/mol. The number of hydrogen-bond acceptors (Lipinski definition) is 4. The Labute approximate surface area is 114 Å². The maximum atomic E-state index is 12.8. The predicted octanol–water partition coefficient (Wildman–Crippen LogP) is 1.22. The molecule has 7 nitrogen and oxygen atoms in total. The lowest BCUT2D eigenvalue weighted by atomic mass is 10.0. The van der Waals surface area contributed by atoms with Crippen LogP contribution in [0.5, 0.6) is 0 Å². The number of carboxylic acid groups (broad SMARTS) is 1. The first-order chi connectivity index (χ1) is 9.18. The van der Waals surface area contributed by atoms with E-state index in [1.54, 1.807) is 13.8 Å². The van der Waals surface area contributed by atoms with Gasteiger partial charge in [-0.1, -0.05) is 12.1 Å². The van der Waals surface area contributed by atoms with Crippen LogP contribution in [0.4, 0.5) is 8.78 Å². The summed E-state index contributed by atoms with van der Waals surface area (Å²) < 4.78 is 26.3. The highest BCUT2D eigenvalue weighted by Crippen LogP contribution is 2.21. The summed E-state index contributed by atoms with van der Waals surface area (Å²) >= 11 is 0. The highest BCUT2D eigenvalue weighted by atomic mass is 19.3. The molecule has 0 bridgehead atoms. The maximum Gasteiger partial charge on any atom is 0.358 e. The Balaban J connectivity index is 2.93. The number of halogens is 2. The average Bonchev–Trinajstić information content (AvgIpc) is 2.72. The summed E-state index contributed by atoms with van der Waals surface area (Å²) in [6.07, 6.45) is -2.43. The Morgan fingerprint density at radius 1 is 1.45 bits per heavy atom. The molecule has 1 heterocycles. The minimum Gasteiger partial charge on any atom is -0.476 e. The van der Waals surface area contributed by atoms with Gasteiger partial charge in [0, 0.05) is 5.54 Å². The number of rotatable bonds is 6. The van der Waals surface area contributed by atoms with Gasteiger partial charge in [-0.05, 0) is 20.3 Å². The summed E-state index contributed by atoms with van der Waals surface area (Å²) in [5, 5.41) is 17.8. The van der Waals surface area contributed by atoms with Crippen molar-refractivity contribution in [3.63, 3.8) is 0 Å². The SMILES string of the molecule is CCC(C)(C)NC(=O)Cn1nnc(C(=O)O)c1C(F)F. The van der Waals surface area contributed by atoms with E-state index < -0.39 is 41.8 Å². The van der Waals surface area contributed by atoms with E-state index >= 15 is 0 Å². The van der Waals surface area contributed by atoms with E-state index in [4.69, 9.17) is 5.11 Å². The van der Waals surface area contributed by atoms with Crippen LogP contribution in [0.25, 0.3) is 0 Å². The first kappa shape index (κ1) is 16.0. The third-order valence-electron chi connectivity index (χ3n) is 2.84. The normalized spacial score (nSPS) is 11.7. The van der Waals surface area contributed by atoms with Gasteiger partial charge in [0.2, 0.25) is 5.91 Å². The highest BCUT2D eigenvalue weighted by Gasteiger charge is 2.28. The zero-order chi connectivity index (χ0) is 15.5. The lowest BCUT2D eigenvalue weighted by molar-refractivity contribution is -0.123. The highest BCUT2D eigenvalue weighted by molar-refractivity contribution is 5.86. The molecule has 0 radical (unpaired) electrons. The molecule has 20 heavy (non-hydrogen) atoms. The van der Waals surface area contributed by atoms with Crippen molar-refractivity contribution in [3.05, 3.63) is 11.4 Å². The Bertz CT molecular complexity index is 514. The number of aromatic carboxylic acids is 1. The fourth-order valence-electron chi connectivity index (χ4n) is 1.45. The molecule has 1 aromatic heterocycles. The first-order valence-electron chi connectivity index (χ1n) is 5.93. The molecular weight excluding hydrogens is 274 g/mol. The predicted molar refractivity (Wildman–Crippen MR) is 64.5 cm³/mol. The van der Waals surface area contributed by atoms with Crippen LogP contribution in [-0.2, 0) is 11.3 Å². The summed E-state index contributed by atoms with van der Waals surface area (Å²) in [6, 6.07) is 0. The zero-order valence-corrected chi connectivity index (χ0v) is 11.4. The third kappa shape index (κ3) is 3.72. The number of carboxylic acids is 1. The van der Waals surface area contributed by atoms with Gasteiger partial charge in [0.05, 0.1) is 0 Å². The lowest BCUT2D eigenvalue weighted by Gasteiger charge is -2.24. The van der Waals surface area contributed by atoms with Gasteiger partial charge in [-0.15, -0.1) is 5.10 Å². The fraction of sp³-hybridized carbons (Fsp3) is 0.636. The van der Waals surface area contributed by atoms with Gasteiger partial charge in [-0.2, -0.15) is 0 Å². The number of alkyl halides is 2. The minimum absolute atomic E-state index is 0.488. The second-order valence-electron chi connectivity index (χ2n) is 4.87. The maximum absolute atomic E-state index is 12.8. The molecule has 0 saturated heterocycles. The number of carbonyl (C=O) groups excluding carboxylic acids is 1. The van der Waals surface area contributed by atoms with Crippen molar-refractivity contribution >= 4 is 11.9 Å². The van der Waals surface area contributed by atoms with E-state index in [0.717, 1.165) is 0 Å². The molecular formula is C11H16F2N4O3. The molecule has 2 N–H and O–H groups in total. The molecule has 112 valence electrons. The van der Waals surface area contributed by atoms with Crippen LogP contribution >= 0.6 is 0 Å². The van der Waals surface area contributed by atoms with Crippen LogP contribution in [-0.4, -0.2) is 37.5 Å². The molecule has 0 unspecified atom stereocenters. The Hall–Kier alpha value is -2.06. The smallest absolute Gasteiger partial charge is 0.358 e. The van der Waals surface area contributed by atoms with E-state index in [0.29, 0.717) is 11.1 Å². The largest absolute Gasteiger partial charge is 0.476 e. The fourth-order valence-corrected chi connectivity index (χ4v) is 1.45. The molecule has 0 spiro atoms. The molecule has 0 aromatic carbocycles. The van der Waals surface area contributed by atoms with Gasteiger partial charge in [0.15, 0.2) is 5.69 Å². The van der Waals surface area contributed by atoms with E-state index in [1.165, 1.54) is 0 Å². The van der Waals surface area contributed by atoms with Crippen molar-refractivity contribution in [2.75, 3.05) is 0 Å². The summed E-state index contributed by atoms with van der Waals surface area (Å²) in [6.45, 7) is 4.91. The number of nitrogens with one attached hydrogen (secondary N) is 1. The van der Waals surface area contributed by atoms with Crippen molar-refractivity contribution < 1.29 is 23.5 Å². The van der Waals surface area contributed by atoms with Gasteiger partial charge >= 0.3 is 5.97 Å². The van der Waals surface area contributed by atoms with Crippen molar-refractivity contribution in [2.24, 2.45) is 0 Å². The summed E-state index contributed by atoms with van der Waals surface area (Å²) in [5.74, 6) is -2.15. The topological polar surface area (TPSA) is 97.1 Å². The summed E-state index contributed by atoms with van der Waals surface area (Å²) in [4.78, 5) is 22.5. The van der Waals surface area contributed by atoms with Crippen LogP contribution in [0.3, 0.4) is 0 Å². The summed E-state index contributed by atoms with van der Waals surface area (Å²) in [5.41, 5.74) is -2.21. The third-order valence-corrected chi connectivity index (χ3v) is 2.84. The molecule has 9 heteroatoms. The van der Waals surface area contributed by atoms with Crippen molar-refractivity contribution in [1.29, 1.82) is 0 Å². The number of aromatic nitrogens is 3. The Morgan fingerprint density at radius 3 is 2.50 bits per heavy atom. The van der Waals surface area contributed by atoms with Crippen LogP contribution < -0.4 is 5.32 Å². The Kier molecular flexibility index (Phi) is 4.74. The first-order valence-corrected chi connectivity index (χ1v) is 5.93. The minimum atomic E-state index is -3.08. The quantitative estimate of drug-likeness (QED) is 0.821. The van der Waals surface area contributed by atoms with Crippen molar-refractivity contribution in [3.8, 4) is 0 Å². The van der Waals surface area contributed by atoms with E-state index in [1.807, 2.05) is 6.92 Å². The molecule has 0 atom stereocenters. The number of amides is 1. The number of nitrogens with zero attached hydrogens (tertiary/aromatic N) is 3. The molecule has 0 aliphatic rings. The molecule has 1 amide bonds. The second kappa shape index (κ2) is 5.93.